The number of nitrogens with zero attached hydrogens (tertiary/aromatic N) is 6. The molecule has 0 aliphatic carbocycles. The quantitative estimate of drug-likeness (QED) is 0.253. The maximum absolute atomic E-state index is 13.3. The second-order valence-corrected chi connectivity index (χ2v) is 10.2. The largest absolute Gasteiger partial charge is 0.494 e. The summed E-state index contributed by atoms with van der Waals surface area (Å²) in [6.07, 6.45) is 9.29. The van der Waals surface area contributed by atoms with Crippen LogP contribution in [0.15, 0.2) is 84.0 Å². The van der Waals surface area contributed by atoms with Crippen LogP contribution in [-0.4, -0.2) is 36.0 Å². The zero-order valence-corrected chi connectivity index (χ0v) is 22.4. The van der Waals surface area contributed by atoms with Gasteiger partial charge in [0, 0.05) is 35.3 Å². The number of hydrogen-bond donors (Lipinski definition) is 0. The highest BCUT2D eigenvalue weighted by atomic mass is 32.1. The van der Waals surface area contributed by atoms with Crippen molar-refractivity contribution in [2.45, 2.75) is 26.7 Å². The third-order valence-corrected chi connectivity index (χ3v) is 7.35. The van der Waals surface area contributed by atoms with E-state index in [4.69, 9.17) is 9.84 Å². The molecular formula is C30H26N6O2S. The number of thiazole rings is 1. The molecule has 0 spiro atoms. The van der Waals surface area contributed by atoms with Gasteiger partial charge in [0.05, 0.1) is 16.8 Å². The summed E-state index contributed by atoms with van der Waals surface area (Å²) >= 11 is 1.31. The lowest BCUT2D eigenvalue weighted by Gasteiger charge is -2.09. The fraction of sp³-hybridized carbons (Fsp3) is 0.167. The van der Waals surface area contributed by atoms with Crippen molar-refractivity contribution >= 4 is 22.4 Å². The van der Waals surface area contributed by atoms with Crippen molar-refractivity contribution in [3.63, 3.8) is 0 Å². The van der Waals surface area contributed by atoms with Crippen LogP contribution < -0.4 is 14.8 Å². The van der Waals surface area contributed by atoms with Crippen molar-refractivity contribution in [3.05, 3.63) is 105 Å². The summed E-state index contributed by atoms with van der Waals surface area (Å²) < 4.78 is 9.65. The molecule has 6 rings (SSSR count). The molecule has 4 aromatic heterocycles. The van der Waals surface area contributed by atoms with Crippen molar-refractivity contribution in [3.8, 4) is 34.1 Å². The fourth-order valence-corrected chi connectivity index (χ4v) is 5.24. The summed E-state index contributed by atoms with van der Waals surface area (Å²) in [5.74, 6) is 1.34. The Kier molecular flexibility index (Phi) is 6.73. The van der Waals surface area contributed by atoms with Crippen LogP contribution in [0.25, 0.3) is 39.4 Å². The van der Waals surface area contributed by atoms with Crippen LogP contribution in [0.5, 0.6) is 5.75 Å². The number of aryl methyl sites for hydroxylation is 1. The third kappa shape index (κ3) is 4.96. The number of ether oxygens (including phenoxy) is 1. The highest BCUT2D eigenvalue weighted by Gasteiger charge is 2.16. The normalized spacial score (nSPS) is 11.9. The Morgan fingerprint density at radius 2 is 1.85 bits per heavy atom. The van der Waals surface area contributed by atoms with Gasteiger partial charge in [0.2, 0.25) is 4.96 Å². The van der Waals surface area contributed by atoms with Crippen LogP contribution in [0.3, 0.4) is 0 Å². The Hall–Kier alpha value is -4.63. The van der Waals surface area contributed by atoms with Crippen molar-refractivity contribution in [2.75, 3.05) is 6.61 Å². The second-order valence-electron chi connectivity index (χ2n) is 9.17. The minimum Gasteiger partial charge on any atom is -0.494 e. The summed E-state index contributed by atoms with van der Waals surface area (Å²) in [7, 11) is 0. The van der Waals surface area contributed by atoms with Crippen molar-refractivity contribution < 1.29 is 4.74 Å². The Morgan fingerprint density at radius 1 is 1.03 bits per heavy atom. The smallest absolute Gasteiger partial charge is 0.291 e. The van der Waals surface area contributed by atoms with Crippen LogP contribution in [-0.2, 0) is 0 Å². The first-order chi connectivity index (χ1) is 19.1. The first kappa shape index (κ1) is 24.7. The van der Waals surface area contributed by atoms with Gasteiger partial charge in [-0.15, -0.1) is 5.10 Å². The maximum atomic E-state index is 13.3. The van der Waals surface area contributed by atoms with E-state index in [1.54, 1.807) is 12.4 Å². The van der Waals surface area contributed by atoms with E-state index in [9.17, 15) is 4.79 Å². The highest BCUT2D eigenvalue weighted by Crippen LogP contribution is 2.30. The second kappa shape index (κ2) is 10.6. The lowest BCUT2D eigenvalue weighted by Crippen LogP contribution is -2.23. The van der Waals surface area contributed by atoms with E-state index in [-0.39, 0.29) is 5.56 Å². The number of hydrogen-bond acceptors (Lipinski definition) is 7. The van der Waals surface area contributed by atoms with E-state index in [1.165, 1.54) is 15.9 Å². The zero-order valence-electron chi connectivity index (χ0n) is 21.6. The molecule has 0 fully saturated rings. The molecule has 4 heterocycles. The first-order valence-corrected chi connectivity index (χ1v) is 13.6. The molecule has 0 aliphatic heterocycles. The summed E-state index contributed by atoms with van der Waals surface area (Å²) in [5, 5.41) is 9.39. The molecular weight excluding hydrogens is 508 g/mol. The molecule has 0 bridgehead atoms. The zero-order chi connectivity index (χ0) is 26.8. The molecule has 9 heteroatoms. The highest BCUT2D eigenvalue weighted by molar-refractivity contribution is 7.15. The number of fused-ring (bicyclic) bond motifs is 1. The van der Waals surface area contributed by atoms with Crippen LogP contribution in [0.2, 0.25) is 0 Å². The van der Waals surface area contributed by atoms with Gasteiger partial charge in [-0.2, -0.15) is 14.6 Å². The molecule has 39 heavy (non-hydrogen) atoms. The number of unbranched alkanes of at least 4 members (excludes halogenated alkanes) is 1. The summed E-state index contributed by atoms with van der Waals surface area (Å²) in [4.78, 5) is 22.5. The monoisotopic (exact) mass is 534 g/mol. The van der Waals surface area contributed by atoms with E-state index in [0.29, 0.717) is 21.9 Å². The molecule has 0 atom stereocenters. The topological polar surface area (TPSA) is 87.2 Å². The minimum absolute atomic E-state index is 0.211. The molecule has 6 aromatic rings. The van der Waals surface area contributed by atoms with Crippen molar-refractivity contribution in [2.24, 2.45) is 0 Å². The predicted molar refractivity (Wildman–Crippen MR) is 153 cm³/mol. The predicted octanol–water partition coefficient (Wildman–Crippen LogP) is 5.10. The first-order valence-electron chi connectivity index (χ1n) is 12.8. The molecule has 0 amide bonds. The van der Waals surface area contributed by atoms with Crippen molar-refractivity contribution in [1.82, 2.24) is 29.4 Å². The molecule has 0 N–H and O–H groups in total. The molecule has 194 valence electrons. The molecule has 8 nitrogen and oxygen atoms in total. The van der Waals surface area contributed by atoms with Gasteiger partial charge < -0.3 is 4.74 Å². The lowest BCUT2D eigenvalue weighted by atomic mass is 10.0. The van der Waals surface area contributed by atoms with Crippen LogP contribution in [0.4, 0.5) is 0 Å². The Bertz CT molecular complexity index is 1860. The van der Waals surface area contributed by atoms with Gasteiger partial charge in [-0.05, 0) is 67.4 Å². The standard InChI is InChI=1S/C30H26N6O2S/c1-3-4-16-38-24-10-11-25(20(2)17-24)27-22(19-35(33-27)23-8-6-5-7-9-23)18-26-29(37)36-30(39-26)32-28(34-36)21-12-14-31-15-13-21/h5-15,17-19H,3-4,16H2,1-2H3/b26-18-. The molecule has 0 aliphatic rings. The molecule has 0 radical (unpaired) electrons. The average molecular weight is 535 g/mol. The van der Waals surface area contributed by atoms with E-state index < -0.39 is 0 Å². The summed E-state index contributed by atoms with van der Waals surface area (Å²) in [6, 6.07) is 19.6. The molecule has 0 saturated heterocycles. The Morgan fingerprint density at radius 3 is 2.59 bits per heavy atom. The van der Waals surface area contributed by atoms with Crippen LogP contribution in [0.1, 0.15) is 30.9 Å². The third-order valence-electron chi connectivity index (χ3n) is 6.39. The Balaban J connectivity index is 1.44. The van der Waals surface area contributed by atoms with E-state index in [2.05, 4.69) is 28.9 Å². The summed E-state index contributed by atoms with van der Waals surface area (Å²) in [5.41, 5.74) is 5.18. The lowest BCUT2D eigenvalue weighted by molar-refractivity contribution is 0.309. The maximum Gasteiger partial charge on any atom is 0.291 e. The van der Waals surface area contributed by atoms with E-state index in [0.717, 1.165) is 52.2 Å². The number of benzene rings is 2. The summed E-state index contributed by atoms with van der Waals surface area (Å²) in [6.45, 7) is 4.89. The van der Waals surface area contributed by atoms with Crippen LogP contribution in [0, 0.1) is 6.92 Å². The Labute approximate surface area is 228 Å². The number of para-hydroxylation sites is 1. The van der Waals surface area contributed by atoms with Gasteiger partial charge in [0.25, 0.3) is 5.56 Å². The molecule has 2 aromatic carbocycles. The minimum atomic E-state index is -0.211. The van der Waals surface area contributed by atoms with Gasteiger partial charge in [0.15, 0.2) is 5.82 Å². The molecule has 0 saturated carbocycles. The van der Waals surface area contributed by atoms with Gasteiger partial charge >= 0.3 is 0 Å². The fourth-order valence-electron chi connectivity index (χ4n) is 4.34. The van der Waals surface area contributed by atoms with Gasteiger partial charge in [-0.1, -0.05) is 42.9 Å². The molecule has 0 unspecified atom stereocenters. The van der Waals surface area contributed by atoms with Gasteiger partial charge in [0.1, 0.15) is 11.4 Å². The average Bonchev–Trinajstić information content (AvgIpc) is 3.65. The SMILES string of the molecule is CCCCOc1ccc(-c2nn(-c3ccccc3)cc2/C=c2\sc3nc(-c4ccncc4)nn3c2=O)c(C)c1. The van der Waals surface area contributed by atoms with Gasteiger partial charge in [-0.25, -0.2) is 4.68 Å². The number of aromatic nitrogens is 6. The van der Waals surface area contributed by atoms with Crippen LogP contribution >= 0.6 is 11.3 Å². The number of pyridine rings is 1. The van der Waals surface area contributed by atoms with E-state index >= 15 is 0 Å². The number of rotatable bonds is 8. The van der Waals surface area contributed by atoms with Crippen molar-refractivity contribution in [1.29, 1.82) is 0 Å². The van der Waals surface area contributed by atoms with E-state index in [1.807, 2.05) is 77.6 Å². The van der Waals surface area contributed by atoms with Gasteiger partial charge in [-0.3, -0.25) is 9.78 Å².